The molecule has 0 spiro atoms. The van der Waals surface area contributed by atoms with Gasteiger partial charge >= 0.3 is 0 Å². The quantitative estimate of drug-likeness (QED) is 0.525. The first-order valence-corrected chi connectivity index (χ1v) is 4.78. The Kier molecular flexibility index (Phi) is 3.34. The van der Waals surface area contributed by atoms with Crippen LogP contribution < -0.4 is 11.5 Å². The molecule has 1 aliphatic carbocycles. The fraction of sp³-hybridized carbons (Fsp3) is 1.00. The van der Waals surface area contributed by atoms with E-state index in [-0.39, 0.29) is 5.66 Å². The Labute approximate surface area is 69.3 Å². The molecule has 1 fully saturated rings. The maximum atomic E-state index is 5.89. The second kappa shape index (κ2) is 4.07. The highest BCUT2D eigenvalue weighted by Crippen LogP contribution is 2.19. The molecule has 11 heavy (non-hydrogen) atoms. The van der Waals surface area contributed by atoms with Gasteiger partial charge in [0, 0.05) is 0 Å². The third-order valence-corrected chi connectivity index (χ3v) is 2.53. The summed E-state index contributed by atoms with van der Waals surface area (Å²) in [6.07, 6.45) is 9.82. The summed E-state index contributed by atoms with van der Waals surface area (Å²) in [4.78, 5) is 0. The van der Waals surface area contributed by atoms with Crippen molar-refractivity contribution < 1.29 is 0 Å². The Morgan fingerprint density at radius 1 is 0.636 bits per heavy atom. The molecule has 1 aliphatic rings. The van der Waals surface area contributed by atoms with Crippen molar-refractivity contribution in [1.82, 2.24) is 0 Å². The highest BCUT2D eigenvalue weighted by atomic mass is 14.9. The zero-order valence-electron chi connectivity index (χ0n) is 7.31. The van der Waals surface area contributed by atoms with Gasteiger partial charge in [-0.1, -0.05) is 38.5 Å². The smallest absolute Gasteiger partial charge is 0.0636 e. The van der Waals surface area contributed by atoms with Gasteiger partial charge in [0.25, 0.3) is 0 Å². The van der Waals surface area contributed by atoms with Crippen molar-refractivity contribution in [3.8, 4) is 0 Å². The Bertz CT molecular complexity index is 98.1. The molecule has 0 radical (unpaired) electrons. The molecule has 2 nitrogen and oxygen atoms in total. The Morgan fingerprint density at radius 3 is 1.45 bits per heavy atom. The van der Waals surface area contributed by atoms with E-state index >= 15 is 0 Å². The fourth-order valence-corrected chi connectivity index (χ4v) is 1.74. The van der Waals surface area contributed by atoms with Crippen LogP contribution in [0.1, 0.15) is 51.4 Å². The van der Waals surface area contributed by atoms with Crippen molar-refractivity contribution in [2.75, 3.05) is 0 Å². The molecule has 2 heteroatoms. The topological polar surface area (TPSA) is 52.0 Å². The molecular formula is C9H20N2. The summed E-state index contributed by atoms with van der Waals surface area (Å²) in [5.74, 6) is 0. The molecule has 66 valence electrons. The summed E-state index contributed by atoms with van der Waals surface area (Å²) in [5, 5.41) is 0. The molecule has 0 aromatic rings. The summed E-state index contributed by atoms with van der Waals surface area (Å²) in [6, 6.07) is 0. The van der Waals surface area contributed by atoms with E-state index in [4.69, 9.17) is 11.5 Å². The van der Waals surface area contributed by atoms with Gasteiger partial charge in [-0.05, 0) is 12.8 Å². The monoisotopic (exact) mass is 156 g/mol. The van der Waals surface area contributed by atoms with E-state index < -0.39 is 0 Å². The minimum Gasteiger partial charge on any atom is -0.313 e. The number of hydrogen-bond acceptors (Lipinski definition) is 2. The van der Waals surface area contributed by atoms with Gasteiger partial charge in [-0.3, -0.25) is 0 Å². The lowest BCUT2D eigenvalue weighted by molar-refractivity contribution is 0.362. The van der Waals surface area contributed by atoms with E-state index in [0.717, 1.165) is 12.8 Å². The van der Waals surface area contributed by atoms with E-state index in [2.05, 4.69) is 0 Å². The van der Waals surface area contributed by atoms with Gasteiger partial charge in [-0.25, -0.2) is 0 Å². The van der Waals surface area contributed by atoms with Crippen molar-refractivity contribution >= 4 is 0 Å². The first-order chi connectivity index (χ1) is 5.21. The molecule has 0 bridgehead atoms. The molecule has 0 aliphatic heterocycles. The van der Waals surface area contributed by atoms with E-state index in [0.29, 0.717) is 0 Å². The summed E-state index contributed by atoms with van der Waals surface area (Å²) in [7, 11) is 0. The molecule has 0 aromatic carbocycles. The van der Waals surface area contributed by atoms with E-state index in [1.807, 2.05) is 0 Å². The molecule has 0 unspecified atom stereocenters. The summed E-state index contributed by atoms with van der Waals surface area (Å²) in [5.41, 5.74) is 11.4. The van der Waals surface area contributed by atoms with Gasteiger partial charge in [0.15, 0.2) is 0 Å². The molecule has 1 rings (SSSR count). The van der Waals surface area contributed by atoms with E-state index in [9.17, 15) is 0 Å². The van der Waals surface area contributed by atoms with Crippen molar-refractivity contribution in [3.63, 3.8) is 0 Å². The SMILES string of the molecule is NC1(N)CCCCCCCC1. The van der Waals surface area contributed by atoms with Gasteiger partial charge in [0.05, 0.1) is 5.66 Å². The van der Waals surface area contributed by atoms with Crippen LogP contribution in [-0.2, 0) is 0 Å². The lowest BCUT2D eigenvalue weighted by Crippen LogP contribution is -2.49. The predicted octanol–water partition coefficient (Wildman–Crippen LogP) is 1.73. The standard InChI is InChI=1S/C9H20N2/c10-9(11)7-5-3-1-2-4-6-8-9/h1-8,10-11H2. The van der Waals surface area contributed by atoms with Crippen LogP contribution in [0.3, 0.4) is 0 Å². The van der Waals surface area contributed by atoms with Crippen LogP contribution in [0.15, 0.2) is 0 Å². The van der Waals surface area contributed by atoms with Crippen molar-refractivity contribution in [3.05, 3.63) is 0 Å². The zero-order chi connectivity index (χ0) is 8.16. The molecule has 1 saturated carbocycles. The van der Waals surface area contributed by atoms with Gasteiger partial charge in [0.2, 0.25) is 0 Å². The van der Waals surface area contributed by atoms with Crippen LogP contribution >= 0.6 is 0 Å². The Hall–Kier alpha value is -0.0800. The Balaban J connectivity index is 2.31. The minimum absolute atomic E-state index is 0.357. The average Bonchev–Trinajstić information content (AvgIpc) is 2.00. The lowest BCUT2D eigenvalue weighted by atomic mass is 9.99. The molecule has 0 atom stereocenters. The van der Waals surface area contributed by atoms with Crippen molar-refractivity contribution in [1.29, 1.82) is 0 Å². The Morgan fingerprint density at radius 2 is 1.00 bits per heavy atom. The second-order valence-corrected chi connectivity index (χ2v) is 3.85. The van der Waals surface area contributed by atoms with Crippen molar-refractivity contribution in [2.24, 2.45) is 11.5 Å². The van der Waals surface area contributed by atoms with Gasteiger partial charge < -0.3 is 11.5 Å². The lowest BCUT2D eigenvalue weighted by Gasteiger charge is -2.23. The third kappa shape index (κ3) is 3.73. The van der Waals surface area contributed by atoms with Crippen molar-refractivity contribution in [2.45, 2.75) is 57.0 Å². The molecule has 0 heterocycles. The number of hydrogen-bond donors (Lipinski definition) is 2. The van der Waals surface area contributed by atoms with Crippen LogP contribution in [0.25, 0.3) is 0 Å². The first-order valence-electron chi connectivity index (χ1n) is 4.78. The zero-order valence-corrected chi connectivity index (χ0v) is 7.31. The highest BCUT2D eigenvalue weighted by molar-refractivity contribution is 4.77. The van der Waals surface area contributed by atoms with Gasteiger partial charge in [-0.2, -0.15) is 0 Å². The average molecular weight is 156 g/mol. The maximum Gasteiger partial charge on any atom is 0.0636 e. The maximum absolute atomic E-state index is 5.89. The molecule has 0 saturated heterocycles. The summed E-state index contributed by atoms with van der Waals surface area (Å²) >= 11 is 0. The molecule has 0 amide bonds. The van der Waals surface area contributed by atoms with Crippen LogP contribution in [0, 0.1) is 0 Å². The second-order valence-electron chi connectivity index (χ2n) is 3.85. The van der Waals surface area contributed by atoms with E-state index in [1.165, 1.54) is 38.5 Å². The largest absolute Gasteiger partial charge is 0.313 e. The molecule has 0 aromatic heterocycles. The highest BCUT2D eigenvalue weighted by Gasteiger charge is 2.18. The summed E-state index contributed by atoms with van der Waals surface area (Å²) < 4.78 is 0. The predicted molar refractivity (Wildman–Crippen MR) is 48.0 cm³/mol. The molecular weight excluding hydrogens is 136 g/mol. The number of rotatable bonds is 0. The molecule has 4 N–H and O–H groups in total. The van der Waals surface area contributed by atoms with Crippen LogP contribution in [0.4, 0.5) is 0 Å². The minimum atomic E-state index is -0.357. The summed E-state index contributed by atoms with van der Waals surface area (Å²) in [6.45, 7) is 0. The number of nitrogens with two attached hydrogens (primary N) is 2. The van der Waals surface area contributed by atoms with Crippen LogP contribution in [0.5, 0.6) is 0 Å². The normalized spacial score (nSPS) is 26.7. The van der Waals surface area contributed by atoms with Gasteiger partial charge in [0.1, 0.15) is 0 Å². The van der Waals surface area contributed by atoms with Crippen LogP contribution in [-0.4, -0.2) is 5.66 Å². The first kappa shape index (κ1) is 9.01. The van der Waals surface area contributed by atoms with E-state index in [1.54, 1.807) is 0 Å². The fourth-order valence-electron chi connectivity index (χ4n) is 1.74. The van der Waals surface area contributed by atoms with Crippen LogP contribution in [0.2, 0.25) is 0 Å². The third-order valence-electron chi connectivity index (χ3n) is 2.53. The van der Waals surface area contributed by atoms with Gasteiger partial charge in [-0.15, -0.1) is 0 Å².